The maximum Gasteiger partial charge on any atom is 0.319 e. The fraction of sp³-hybridized carbons (Fsp3) is 0.158. The number of halogens is 1. The first kappa shape index (κ1) is 17.8. The first-order valence-corrected chi connectivity index (χ1v) is 8.35. The second kappa shape index (κ2) is 7.49. The molecule has 2 aromatic carbocycles. The summed E-state index contributed by atoms with van der Waals surface area (Å²) < 4.78 is 5.11. The van der Waals surface area contributed by atoms with E-state index < -0.39 is 6.04 Å². The number of anilines is 1. The topological polar surface area (TPSA) is 79.5 Å². The fourth-order valence-electron chi connectivity index (χ4n) is 2.80. The van der Waals surface area contributed by atoms with Crippen LogP contribution < -0.4 is 20.7 Å². The van der Waals surface area contributed by atoms with Crippen LogP contribution in [0.5, 0.6) is 5.75 Å². The van der Waals surface area contributed by atoms with Crippen molar-refractivity contribution >= 4 is 29.2 Å². The predicted octanol–water partition coefficient (Wildman–Crippen LogP) is 3.62. The van der Waals surface area contributed by atoms with Crippen LogP contribution in [0.2, 0.25) is 5.02 Å². The van der Waals surface area contributed by atoms with Gasteiger partial charge in [-0.2, -0.15) is 0 Å². The first-order valence-electron chi connectivity index (χ1n) is 7.97. The van der Waals surface area contributed by atoms with E-state index in [1.165, 1.54) is 0 Å². The Morgan fingerprint density at radius 2 is 1.92 bits per heavy atom. The summed E-state index contributed by atoms with van der Waals surface area (Å²) in [5.74, 6) is 0.381. The molecule has 1 aliphatic rings. The van der Waals surface area contributed by atoms with Crippen LogP contribution in [-0.4, -0.2) is 19.0 Å². The highest BCUT2D eigenvalue weighted by Gasteiger charge is 2.31. The highest BCUT2D eigenvalue weighted by atomic mass is 35.5. The Morgan fingerprint density at radius 3 is 2.58 bits per heavy atom. The van der Waals surface area contributed by atoms with Crippen molar-refractivity contribution in [3.05, 3.63) is 70.4 Å². The zero-order valence-corrected chi connectivity index (χ0v) is 15.1. The summed E-state index contributed by atoms with van der Waals surface area (Å²) in [5.41, 5.74) is 2.26. The lowest BCUT2D eigenvalue weighted by Gasteiger charge is -2.28. The molecule has 7 heteroatoms. The van der Waals surface area contributed by atoms with Crippen molar-refractivity contribution in [3.8, 4) is 5.75 Å². The van der Waals surface area contributed by atoms with Gasteiger partial charge in [-0.25, -0.2) is 4.79 Å². The summed E-state index contributed by atoms with van der Waals surface area (Å²) in [6.45, 7) is 1.69. The summed E-state index contributed by atoms with van der Waals surface area (Å²) in [6, 6.07) is 13.1. The van der Waals surface area contributed by atoms with Crippen LogP contribution in [0.1, 0.15) is 18.5 Å². The molecule has 6 nitrogen and oxygen atoms in total. The van der Waals surface area contributed by atoms with E-state index in [1.807, 2.05) is 6.07 Å². The Bertz CT molecular complexity index is 878. The van der Waals surface area contributed by atoms with Crippen LogP contribution in [0.3, 0.4) is 0 Å². The van der Waals surface area contributed by atoms with E-state index in [4.69, 9.17) is 16.3 Å². The number of rotatable bonds is 4. The fourth-order valence-corrected chi connectivity index (χ4v) is 3.00. The van der Waals surface area contributed by atoms with Gasteiger partial charge in [-0.3, -0.25) is 4.79 Å². The van der Waals surface area contributed by atoms with Gasteiger partial charge < -0.3 is 20.7 Å². The molecule has 0 aromatic heterocycles. The molecule has 0 bridgehead atoms. The zero-order valence-electron chi connectivity index (χ0n) is 14.3. The summed E-state index contributed by atoms with van der Waals surface area (Å²) in [6.07, 6.45) is 0. The SMILES string of the molecule is COc1ccc(NC(=O)C2=C(C)NC(=O)N[C@@H]2c2cccc(Cl)c2)cc1. The van der Waals surface area contributed by atoms with Gasteiger partial charge in [-0.15, -0.1) is 0 Å². The van der Waals surface area contributed by atoms with Gasteiger partial charge in [0.2, 0.25) is 0 Å². The number of hydrogen-bond acceptors (Lipinski definition) is 3. The van der Waals surface area contributed by atoms with Crippen molar-refractivity contribution < 1.29 is 14.3 Å². The summed E-state index contributed by atoms with van der Waals surface area (Å²) in [7, 11) is 1.58. The lowest BCUT2D eigenvalue weighted by atomic mass is 9.95. The molecule has 3 N–H and O–H groups in total. The van der Waals surface area contributed by atoms with Crippen LogP contribution >= 0.6 is 11.6 Å². The minimum Gasteiger partial charge on any atom is -0.497 e. The van der Waals surface area contributed by atoms with Crippen molar-refractivity contribution in [1.82, 2.24) is 10.6 Å². The molecule has 0 unspecified atom stereocenters. The second-order valence-corrected chi connectivity index (χ2v) is 6.24. The molecular formula is C19H18ClN3O3. The lowest BCUT2D eigenvalue weighted by Crippen LogP contribution is -2.45. The van der Waals surface area contributed by atoms with Crippen LogP contribution in [0.25, 0.3) is 0 Å². The monoisotopic (exact) mass is 371 g/mol. The van der Waals surface area contributed by atoms with Crippen molar-refractivity contribution in [2.45, 2.75) is 13.0 Å². The number of nitrogens with one attached hydrogen (secondary N) is 3. The third kappa shape index (κ3) is 3.81. The molecule has 0 fully saturated rings. The van der Waals surface area contributed by atoms with Crippen LogP contribution in [0.4, 0.5) is 10.5 Å². The third-order valence-electron chi connectivity index (χ3n) is 4.04. The molecule has 0 saturated carbocycles. The van der Waals surface area contributed by atoms with Gasteiger partial charge in [-0.1, -0.05) is 23.7 Å². The summed E-state index contributed by atoms with van der Waals surface area (Å²) in [4.78, 5) is 24.8. The van der Waals surface area contributed by atoms with E-state index in [0.29, 0.717) is 27.7 Å². The van der Waals surface area contributed by atoms with E-state index in [9.17, 15) is 9.59 Å². The molecule has 3 rings (SSSR count). The Kier molecular flexibility index (Phi) is 5.14. The van der Waals surface area contributed by atoms with Crippen molar-refractivity contribution in [2.75, 3.05) is 12.4 Å². The van der Waals surface area contributed by atoms with Crippen molar-refractivity contribution in [3.63, 3.8) is 0 Å². The molecule has 134 valence electrons. The number of allylic oxidation sites excluding steroid dienone is 1. The minimum atomic E-state index is -0.597. The van der Waals surface area contributed by atoms with Gasteiger partial charge in [0.05, 0.1) is 18.7 Å². The van der Waals surface area contributed by atoms with E-state index in [1.54, 1.807) is 56.5 Å². The van der Waals surface area contributed by atoms with Gasteiger partial charge >= 0.3 is 6.03 Å². The Labute approximate surface area is 156 Å². The molecule has 0 spiro atoms. The number of urea groups is 1. The van der Waals surface area contributed by atoms with E-state index in [2.05, 4.69) is 16.0 Å². The van der Waals surface area contributed by atoms with Gasteiger partial charge in [-0.05, 0) is 48.9 Å². The van der Waals surface area contributed by atoms with E-state index in [-0.39, 0.29) is 11.9 Å². The van der Waals surface area contributed by atoms with Gasteiger partial charge in [0, 0.05) is 16.4 Å². The standard InChI is InChI=1S/C19H18ClN3O3/c1-11-16(18(24)22-14-6-8-15(26-2)9-7-14)17(23-19(25)21-11)12-4-3-5-13(20)10-12/h3-10,17H,1-2H3,(H,22,24)(H2,21,23,25)/t17-/m1/s1. The number of carbonyl (C=O) groups is 2. The predicted molar refractivity (Wildman–Crippen MR) is 100 cm³/mol. The highest BCUT2D eigenvalue weighted by Crippen LogP contribution is 2.29. The molecule has 2 aromatic rings. The second-order valence-electron chi connectivity index (χ2n) is 5.81. The molecule has 0 saturated heterocycles. The number of methoxy groups -OCH3 is 1. The smallest absolute Gasteiger partial charge is 0.319 e. The molecular weight excluding hydrogens is 354 g/mol. The lowest BCUT2D eigenvalue weighted by molar-refractivity contribution is -0.113. The quantitative estimate of drug-likeness (QED) is 0.768. The number of benzene rings is 2. The van der Waals surface area contributed by atoms with Gasteiger partial charge in [0.25, 0.3) is 5.91 Å². The maximum absolute atomic E-state index is 12.9. The number of carbonyl (C=O) groups excluding carboxylic acids is 2. The van der Waals surface area contributed by atoms with E-state index in [0.717, 1.165) is 5.56 Å². The molecule has 1 aliphatic heterocycles. The molecule has 0 radical (unpaired) electrons. The normalized spacial score (nSPS) is 16.6. The third-order valence-corrected chi connectivity index (χ3v) is 4.28. The van der Waals surface area contributed by atoms with Crippen LogP contribution in [0.15, 0.2) is 59.8 Å². The first-order chi connectivity index (χ1) is 12.5. The van der Waals surface area contributed by atoms with Crippen molar-refractivity contribution in [1.29, 1.82) is 0 Å². The maximum atomic E-state index is 12.9. The highest BCUT2D eigenvalue weighted by molar-refractivity contribution is 6.30. The van der Waals surface area contributed by atoms with E-state index >= 15 is 0 Å². The van der Waals surface area contributed by atoms with Crippen LogP contribution in [0, 0.1) is 0 Å². The van der Waals surface area contributed by atoms with Gasteiger partial charge in [0.1, 0.15) is 5.75 Å². The average Bonchev–Trinajstić information content (AvgIpc) is 2.61. The molecule has 1 atom stereocenters. The van der Waals surface area contributed by atoms with Gasteiger partial charge in [0.15, 0.2) is 0 Å². The molecule has 3 amide bonds. The number of amides is 3. The number of ether oxygens (including phenoxy) is 1. The average molecular weight is 372 g/mol. The summed E-state index contributed by atoms with van der Waals surface area (Å²) >= 11 is 6.07. The van der Waals surface area contributed by atoms with Crippen molar-refractivity contribution in [2.24, 2.45) is 0 Å². The Morgan fingerprint density at radius 1 is 1.19 bits per heavy atom. The molecule has 26 heavy (non-hydrogen) atoms. The largest absolute Gasteiger partial charge is 0.497 e. The zero-order chi connectivity index (χ0) is 18.7. The minimum absolute atomic E-state index is 0.315. The molecule has 0 aliphatic carbocycles. The number of hydrogen-bond donors (Lipinski definition) is 3. The Balaban J connectivity index is 1.91. The Hall–Kier alpha value is -2.99. The van der Waals surface area contributed by atoms with Crippen LogP contribution in [-0.2, 0) is 4.79 Å². The summed E-state index contributed by atoms with van der Waals surface area (Å²) in [5, 5.41) is 8.80. The molecule has 1 heterocycles.